The molecule has 1 heterocycles. The Kier molecular flexibility index (Phi) is 6.41. The van der Waals surface area contributed by atoms with E-state index in [1.807, 2.05) is 4.90 Å². The molecule has 0 aliphatic carbocycles. The number of carbonyl (C=O) groups excluding carboxylic acids is 2. The van der Waals surface area contributed by atoms with Crippen LogP contribution in [0.2, 0.25) is 0 Å². The van der Waals surface area contributed by atoms with Gasteiger partial charge in [0.05, 0.1) is 11.3 Å². The van der Waals surface area contributed by atoms with Crippen molar-refractivity contribution in [1.29, 1.82) is 0 Å². The van der Waals surface area contributed by atoms with Crippen LogP contribution in [0.25, 0.3) is 0 Å². The number of hydrogen-bond acceptors (Lipinski definition) is 3. The van der Waals surface area contributed by atoms with E-state index in [0.717, 1.165) is 38.8 Å². The standard InChI is InChI=1S/C21H23FN2O3/c22-17-10-4-5-11-18(17)23-20(25)15-27-19-12-6-3-9-16(19)21(26)24-13-7-1-2-8-14-24/h3-6,9-12H,1-2,7-8,13-15H2,(H,23,25). The fourth-order valence-electron chi connectivity index (χ4n) is 3.11. The predicted octanol–water partition coefficient (Wildman–Crippen LogP) is 3.86. The number of para-hydroxylation sites is 2. The number of carbonyl (C=O) groups is 2. The van der Waals surface area contributed by atoms with Crippen LogP contribution in [0.15, 0.2) is 48.5 Å². The monoisotopic (exact) mass is 370 g/mol. The molecule has 2 aromatic carbocycles. The maximum atomic E-state index is 13.6. The highest BCUT2D eigenvalue weighted by molar-refractivity contribution is 5.97. The van der Waals surface area contributed by atoms with Crippen LogP contribution >= 0.6 is 0 Å². The minimum absolute atomic E-state index is 0.0815. The molecule has 1 saturated heterocycles. The maximum Gasteiger partial charge on any atom is 0.262 e. The molecule has 6 heteroatoms. The van der Waals surface area contributed by atoms with Gasteiger partial charge in [-0.25, -0.2) is 4.39 Å². The van der Waals surface area contributed by atoms with Crippen LogP contribution in [0.5, 0.6) is 5.75 Å². The molecule has 0 atom stereocenters. The van der Waals surface area contributed by atoms with E-state index in [1.54, 1.807) is 36.4 Å². The lowest BCUT2D eigenvalue weighted by Crippen LogP contribution is -2.32. The van der Waals surface area contributed by atoms with Gasteiger partial charge in [-0.15, -0.1) is 0 Å². The zero-order valence-electron chi connectivity index (χ0n) is 15.1. The van der Waals surface area contributed by atoms with Crippen molar-refractivity contribution < 1.29 is 18.7 Å². The summed E-state index contributed by atoms with van der Waals surface area (Å²) in [4.78, 5) is 26.8. The third-order valence-electron chi connectivity index (χ3n) is 4.52. The van der Waals surface area contributed by atoms with E-state index in [0.29, 0.717) is 11.3 Å². The summed E-state index contributed by atoms with van der Waals surface area (Å²) in [6, 6.07) is 12.8. The number of rotatable bonds is 5. The number of nitrogens with one attached hydrogen (secondary N) is 1. The zero-order chi connectivity index (χ0) is 19.1. The maximum absolute atomic E-state index is 13.6. The molecule has 1 aliphatic heterocycles. The smallest absolute Gasteiger partial charge is 0.262 e. The van der Waals surface area contributed by atoms with Gasteiger partial charge in [0.2, 0.25) is 0 Å². The Balaban J connectivity index is 1.64. The van der Waals surface area contributed by atoms with Gasteiger partial charge < -0.3 is 15.0 Å². The van der Waals surface area contributed by atoms with Gasteiger partial charge in [-0.3, -0.25) is 9.59 Å². The van der Waals surface area contributed by atoms with Crippen molar-refractivity contribution in [3.05, 3.63) is 59.9 Å². The molecule has 0 bridgehead atoms. The van der Waals surface area contributed by atoms with Gasteiger partial charge in [0.25, 0.3) is 11.8 Å². The summed E-state index contributed by atoms with van der Waals surface area (Å²) >= 11 is 0. The SMILES string of the molecule is O=C(COc1ccccc1C(=O)N1CCCCCC1)Nc1ccccc1F. The highest BCUT2D eigenvalue weighted by Gasteiger charge is 2.21. The van der Waals surface area contributed by atoms with Crippen molar-refractivity contribution in [3.8, 4) is 5.75 Å². The van der Waals surface area contributed by atoms with Gasteiger partial charge in [-0.05, 0) is 37.1 Å². The van der Waals surface area contributed by atoms with E-state index in [4.69, 9.17) is 4.74 Å². The Labute approximate surface area is 158 Å². The first-order valence-corrected chi connectivity index (χ1v) is 9.20. The van der Waals surface area contributed by atoms with Crippen LogP contribution in [0.3, 0.4) is 0 Å². The Hall–Kier alpha value is -2.89. The lowest BCUT2D eigenvalue weighted by atomic mass is 10.1. The van der Waals surface area contributed by atoms with Crippen molar-refractivity contribution in [2.75, 3.05) is 25.0 Å². The number of likely N-dealkylation sites (tertiary alicyclic amines) is 1. The van der Waals surface area contributed by atoms with Gasteiger partial charge in [-0.1, -0.05) is 37.1 Å². The second kappa shape index (κ2) is 9.16. The van der Waals surface area contributed by atoms with E-state index >= 15 is 0 Å². The highest BCUT2D eigenvalue weighted by atomic mass is 19.1. The van der Waals surface area contributed by atoms with Crippen molar-refractivity contribution in [3.63, 3.8) is 0 Å². The van der Waals surface area contributed by atoms with E-state index in [9.17, 15) is 14.0 Å². The van der Waals surface area contributed by atoms with Crippen molar-refractivity contribution >= 4 is 17.5 Å². The molecule has 0 spiro atoms. The third kappa shape index (κ3) is 5.06. The van der Waals surface area contributed by atoms with Crippen LogP contribution in [0.1, 0.15) is 36.0 Å². The summed E-state index contributed by atoms with van der Waals surface area (Å²) < 4.78 is 19.2. The summed E-state index contributed by atoms with van der Waals surface area (Å²) in [5.74, 6) is -0.725. The van der Waals surface area contributed by atoms with Gasteiger partial charge in [-0.2, -0.15) is 0 Å². The first-order chi connectivity index (χ1) is 13.1. The number of amides is 2. The number of hydrogen-bond donors (Lipinski definition) is 1. The normalized spacial score (nSPS) is 14.3. The molecule has 0 radical (unpaired) electrons. The molecule has 1 aliphatic rings. The Morgan fingerprint density at radius 2 is 1.63 bits per heavy atom. The fourth-order valence-corrected chi connectivity index (χ4v) is 3.11. The lowest BCUT2D eigenvalue weighted by Gasteiger charge is -2.21. The summed E-state index contributed by atoms with van der Waals surface area (Å²) in [5.41, 5.74) is 0.540. The second-order valence-corrected chi connectivity index (χ2v) is 6.52. The lowest BCUT2D eigenvalue weighted by molar-refractivity contribution is -0.118. The van der Waals surface area contributed by atoms with Gasteiger partial charge in [0.15, 0.2) is 6.61 Å². The molecule has 5 nitrogen and oxygen atoms in total. The van der Waals surface area contributed by atoms with Gasteiger partial charge >= 0.3 is 0 Å². The Bertz CT molecular complexity index is 802. The summed E-state index contributed by atoms with van der Waals surface area (Å²) in [6.45, 7) is 1.17. The van der Waals surface area contributed by atoms with Crippen molar-refractivity contribution in [2.45, 2.75) is 25.7 Å². The number of nitrogens with zero attached hydrogens (tertiary/aromatic N) is 1. The van der Waals surface area contributed by atoms with Crippen LogP contribution in [-0.4, -0.2) is 36.4 Å². The molecular weight excluding hydrogens is 347 g/mol. The van der Waals surface area contributed by atoms with Gasteiger partial charge in [0.1, 0.15) is 11.6 Å². The second-order valence-electron chi connectivity index (χ2n) is 6.52. The fraction of sp³-hybridized carbons (Fsp3) is 0.333. The topological polar surface area (TPSA) is 58.6 Å². The summed E-state index contributed by atoms with van der Waals surface area (Å²) in [5, 5.41) is 2.47. The van der Waals surface area contributed by atoms with Crippen molar-refractivity contribution in [1.82, 2.24) is 4.90 Å². The quantitative estimate of drug-likeness (QED) is 0.869. The molecule has 2 amide bonds. The summed E-state index contributed by atoms with van der Waals surface area (Å²) in [7, 11) is 0. The molecule has 142 valence electrons. The van der Waals surface area contributed by atoms with Gasteiger partial charge in [0, 0.05) is 13.1 Å². The molecule has 27 heavy (non-hydrogen) atoms. The summed E-state index contributed by atoms with van der Waals surface area (Å²) in [6.07, 6.45) is 4.27. The van der Waals surface area contributed by atoms with E-state index in [1.165, 1.54) is 12.1 Å². The molecular formula is C21H23FN2O3. The molecule has 2 aromatic rings. The molecule has 0 aromatic heterocycles. The molecule has 1 fully saturated rings. The van der Waals surface area contributed by atoms with E-state index < -0.39 is 11.7 Å². The number of benzene rings is 2. The minimum atomic E-state index is -0.511. The largest absolute Gasteiger partial charge is 0.483 e. The number of halogens is 1. The van der Waals surface area contributed by atoms with Crippen LogP contribution in [-0.2, 0) is 4.79 Å². The molecule has 0 saturated carbocycles. The molecule has 1 N–H and O–H groups in total. The average molecular weight is 370 g/mol. The van der Waals surface area contributed by atoms with E-state index in [-0.39, 0.29) is 18.2 Å². The minimum Gasteiger partial charge on any atom is -0.483 e. The highest BCUT2D eigenvalue weighted by Crippen LogP contribution is 2.22. The number of anilines is 1. The molecule has 3 rings (SSSR count). The first-order valence-electron chi connectivity index (χ1n) is 9.20. The Morgan fingerprint density at radius 1 is 0.963 bits per heavy atom. The Morgan fingerprint density at radius 3 is 2.37 bits per heavy atom. The average Bonchev–Trinajstić information content (AvgIpc) is 2.97. The first kappa shape index (κ1) is 18.9. The molecule has 0 unspecified atom stereocenters. The third-order valence-corrected chi connectivity index (χ3v) is 4.52. The van der Waals surface area contributed by atoms with Crippen LogP contribution < -0.4 is 10.1 Å². The van der Waals surface area contributed by atoms with E-state index in [2.05, 4.69) is 5.32 Å². The van der Waals surface area contributed by atoms with Crippen LogP contribution in [0, 0.1) is 5.82 Å². The predicted molar refractivity (Wildman–Crippen MR) is 101 cm³/mol. The van der Waals surface area contributed by atoms with Crippen molar-refractivity contribution in [2.24, 2.45) is 0 Å². The zero-order valence-corrected chi connectivity index (χ0v) is 15.1. The number of ether oxygens (including phenoxy) is 1. The van der Waals surface area contributed by atoms with Crippen LogP contribution in [0.4, 0.5) is 10.1 Å².